The highest BCUT2D eigenvalue weighted by atomic mass is 16.5. The molecule has 0 heterocycles. The Morgan fingerprint density at radius 3 is 2.83 bits per heavy atom. The molecule has 0 aromatic carbocycles. The summed E-state index contributed by atoms with van der Waals surface area (Å²) in [5.74, 6) is 0.641. The van der Waals surface area contributed by atoms with Gasteiger partial charge in [-0.2, -0.15) is 0 Å². The Hall–Kier alpha value is -0.340. The molecule has 0 aliphatic rings. The first-order chi connectivity index (χ1) is 5.81. The highest BCUT2D eigenvalue weighted by molar-refractivity contribution is 4.86. The molecule has 1 atom stereocenters. The van der Waals surface area contributed by atoms with Crippen LogP contribution in [0.15, 0.2) is 12.2 Å². The lowest BCUT2D eigenvalue weighted by molar-refractivity contribution is 0.186. The van der Waals surface area contributed by atoms with Crippen LogP contribution in [0.25, 0.3) is 0 Å². The Morgan fingerprint density at radius 2 is 2.25 bits per heavy atom. The monoisotopic (exact) mass is 171 g/mol. The molecule has 1 N–H and O–H groups in total. The second kappa shape index (κ2) is 8.75. The van der Waals surface area contributed by atoms with Gasteiger partial charge in [-0.25, -0.2) is 0 Å². The summed E-state index contributed by atoms with van der Waals surface area (Å²) in [5, 5.41) is 3.11. The van der Waals surface area contributed by atoms with Crippen molar-refractivity contribution in [3.8, 4) is 0 Å². The van der Waals surface area contributed by atoms with E-state index in [2.05, 4.69) is 24.4 Å². The highest BCUT2D eigenvalue weighted by Gasteiger charge is 1.94. The van der Waals surface area contributed by atoms with Crippen molar-refractivity contribution in [2.45, 2.75) is 19.8 Å². The largest absolute Gasteiger partial charge is 0.385 e. The Kier molecular flexibility index (Phi) is 8.51. The van der Waals surface area contributed by atoms with E-state index < -0.39 is 0 Å². The molecule has 0 rings (SSSR count). The van der Waals surface area contributed by atoms with Crippen molar-refractivity contribution in [1.29, 1.82) is 0 Å². The average molecular weight is 171 g/mol. The molecule has 0 spiro atoms. The third-order valence-electron chi connectivity index (χ3n) is 1.80. The van der Waals surface area contributed by atoms with Gasteiger partial charge in [0.25, 0.3) is 0 Å². The fourth-order valence-electron chi connectivity index (χ4n) is 0.956. The zero-order valence-corrected chi connectivity index (χ0v) is 8.47. The van der Waals surface area contributed by atoms with E-state index in [0.717, 1.165) is 26.0 Å². The Labute approximate surface area is 76.0 Å². The van der Waals surface area contributed by atoms with E-state index in [9.17, 15) is 0 Å². The van der Waals surface area contributed by atoms with E-state index in [4.69, 9.17) is 4.74 Å². The molecule has 0 aliphatic carbocycles. The maximum Gasteiger partial charge on any atom is 0.0467 e. The van der Waals surface area contributed by atoms with Gasteiger partial charge in [0.1, 0.15) is 0 Å². The van der Waals surface area contributed by atoms with Crippen molar-refractivity contribution in [3.63, 3.8) is 0 Å². The van der Waals surface area contributed by atoms with E-state index in [1.165, 1.54) is 0 Å². The second-order valence-corrected chi connectivity index (χ2v) is 3.08. The van der Waals surface area contributed by atoms with Gasteiger partial charge in [0.15, 0.2) is 0 Å². The Bertz CT molecular complexity index is 112. The molecule has 0 bridgehead atoms. The molecule has 0 radical (unpaired) electrons. The lowest BCUT2D eigenvalue weighted by Gasteiger charge is -2.03. The van der Waals surface area contributed by atoms with Crippen LogP contribution in [0.2, 0.25) is 0 Å². The first-order valence-corrected chi connectivity index (χ1v) is 4.61. The van der Waals surface area contributed by atoms with Crippen LogP contribution in [0.5, 0.6) is 0 Å². The predicted octanol–water partition coefficient (Wildman–Crippen LogP) is 1.82. The number of hydrogen-bond donors (Lipinski definition) is 1. The number of allylic oxidation sites excluding steroid dienone is 1. The van der Waals surface area contributed by atoms with Gasteiger partial charge in [-0.15, -0.1) is 0 Å². The maximum absolute atomic E-state index is 4.99. The molecule has 0 saturated carbocycles. The molecule has 0 aliphatic heterocycles. The van der Waals surface area contributed by atoms with Gasteiger partial charge in [0.05, 0.1) is 0 Å². The van der Waals surface area contributed by atoms with Gasteiger partial charge in [0.2, 0.25) is 0 Å². The molecule has 0 aromatic heterocycles. The van der Waals surface area contributed by atoms with E-state index in [1.807, 2.05) is 7.05 Å². The highest BCUT2D eigenvalue weighted by Crippen LogP contribution is 2.03. The van der Waals surface area contributed by atoms with Crippen LogP contribution in [-0.2, 0) is 4.74 Å². The molecule has 2 nitrogen and oxygen atoms in total. The number of ether oxygens (including phenoxy) is 1. The quantitative estimate of drug-likeness (QED) is 0.466. The fourth-order valence-corrected chi connectivity index (χ4v) is 0.956. The van der Waals surface area contributed by atoms with Gasteiger partial charge in [0, 0.05) is 13.7 Å². The smallest absolute Gasteiger partial charge is 0.0467 e. The molecule has 0 saturated heterocycles. The van der Waals surface area contributed by atoms with E-state index >= 15 is 0 Å². The van der Waals surface area contributed by atoms with E-state index in [0.29, 0.717) is 5.92 Å². The van der Waals surface area contributed by atoms with Crippen LogP contribution >= 0.6 is 0 Å². The van der Waals surface area contributed by atoms with Crippen LogP contribution in [0.3, 0.4) is 0 Å². The Morgan fingerprint density at radius 1 is 1.50 bits per heavy atom. The number of methoxy groups -OCH3 is 1. The van der Waals surface area contributed by atoms with Crippen molar-refractivity contribution >= 4 is 0 Å². The minimum absolute atomic E-state index is 0.641. The SMILES string of the molecule is CNCC/C=C/C(C)CCOC. The minimum Gasteiger partial charge on any atom is -0.385 e. The second-order valence-electron chi connectivity index (χ2n) is 3.08. The summed E-state index contributed by atoms with van der Waals surface area (Å²) in [6.07, 6.45) is 6.73. The third-order valence-corrected chi connectivity index (χ3v) is 1.80. The number of nitrogens with one attached hydrogen (secondary N) is 1. The topological polar surface area (TPSA) is 21.3 Å². The normalized spacial score (nSPS) is 13.9. The summed E-state index contributed by atoms with van der Waals surface area (Å²) in [6.45, 7) is 4.14. The fraction of sp³-hybridized carbons (Fsp3) is 0.800. The van der Waals surface area contributed by atoms with Crippen LogP contribution in [-0.4, -0.2) is 27.3 Å². The minimum atomic E-state index is 0.641. The molecular weight excluding hydrogens is 150 g/mol. The summed E-state index contributed by atoms with van der Waals surface area (Å²) < 4.78 is 4.99. The third kappa shape index (κ3) is 7.76. The zero-order valence-electron chi connectivity index (χ0n) is 8.47. The average Bonchev–Trinajstić information content (AvgIpc) is 2.09. The molecule has 0 aromatic rings. The van der Waals surface area contributed by atoms with Crippen LogP contribution in [0, 0.1) is 5.92 Å². The van der Waals surface area contributed by atoms with E-state index in [-0.39, 0.29) is 0 Å². The standard InChI is InChI=1S/C10H21NO/c1-10(7-9-12-3)6-4-5-8-11-2/h4,6,10-11H,5,7-9H2,1-3H3/b6-4+. The molecule has 12 heavy (non-hydrogen) atoms. The maximum atomic E-state index is 4.99. The lowest BCUT2D eigenvalue weighted by atomic mass is 10.1. The number of hydrogen-bond acceptors (Lipinski definition) is 2. The number of rotatable bonds is 7. The summed E-state index contributed by atoms with van der Waals surface area (Å²) in [6, 6.07) is 0. The predicted molar refractivity (Wildman–Crippen MR) is 53.3 cm³/mol. The van der Waals surface area contributed by atoms with Gasteiger partial charge in [-0.1, -0.05) is 19.1 Å². The summed E-state index contributed by atoms with van der Waals surface area (Å²) >= 11 is 0. The van der Waals surface area contributed by atoms with Crippen molar-refractivity contribution < 1.29 is 4.74 Å². The van der Waals surface area contributed by atoms with Crippen LogP contribution in [0.4, 0.5) is 0 Å². The summed E-state index contributed by atoms with van der Waals surface area (Å²) in [4.78, 5) is 0. The zero-order chi connectivity index (χ0) is 9.23. The van der Waals surface area contributed by atoms with Crippen LogP contribution in [0.1, 0.15) is 19.8 Å². The van der Waals surface area contributed by atoms with Gasteiger partial charge >= 0.3 is 0 Å². The van der Waals surface area contributed by atoms with Crippen molar-refractivity contribution in [1.82, 2.24) is 5.32 Å². The van der Waals surface area contributed by atoms with Crippen molar-refractivity contribution in [2.24, 2.45) is 5.92 Å². The molecule has 1 unspecified atom stereocenters. The molecule has 72 valence electrons. The van der Waals surface area contributed by atoms with Crippen molar-refractivity contribution in [2.75, 3.05) is 27.3 Å². The van der Waals surface area contributed by atoms with Gasteiger partial charge < -0.3 is 10.1 Å². The molecular formula is C10H21NO. The van der Waals surface area contributed by atoms with Crippen molar-refractivity contribution in [3.05, 3.63) is 12.2 Å². The molecule has 2 heteroatoms. The lowest BCUT2D eigenvalue weighted by Crippen LogP contribution is -2.06. The van der Waals surface area contributed by atoms with Crippen LogP contribution < -0.4 is 5.32 Å². The first kappa shape index (κ1) is 11.7. The molecule has 0 fully saturated rings. The Balaban J connectivity index is 3.27. The van der Waals surface area contributed by atoms with Gasteiger partial charge in [-0.3, -0.25) is 0 Å². The summed E-state index contributed by atoms with van der Waals surface area (Å²) in [7, 11) is 3.72. The van der Waals surface area contributed by atoms with E-state index in [1.54, 1.807) is 7.11 Å². The first-order valence-electron chi connectivity index (χ1n) is 4.61. The van der Waals surface area contributed by atoms with Gasteiger partial charge in [-0.05, 0) is 32.4 Å². The molecule has 0 amide bonds. The summed E-state index contributed by atoms with van der Waals surface area (Å²) in [5.41, 5.74) is 0.